The summed E-state index contributed by atoms with van der Waals surface area (Å²) in [6.45, 7) is 8.63. The summed E-state index contributed by atoms with van der Waals surface area (Å²) in [4.78, 5) is 17.2. The largest absolute Gasteiger partial charge is 0.340 e. The number of hydrogen-bond donors (Lipinski definition) is 1. The van der Waals surface area contributed by atoms with Crippen molar-refractivity contribution < 1.29 is 4.79 Å². The van der Waals surface area contributed by atoms with E-state index in [1.807, 2.05) is 0 Å². The number of carbonyl (C=O) groups excluding carboxylic acids is 1. The van der Waals surface area contributed by atoms with Crippen LogP contribution in [0.25, 0.3) is 0 Å². The topological polar surface area (TPSA) is 35.6 Å². The number of nitrogens with zero attached hydrogens (tertiary/aromatic N) is 2. The predicted molar refractivity (Wildman–Crippen MR) is 99.7 cm³/mol. The Morgan fingerprint density at radius 1 is 1.04 bits per heavy atom. The molecule has 4 nitrogen and oxygen atoms in total. The molecule has 2 aliphatic heterocycles. The molecule has 1 unspecified atom stereocenters. The molecule has 2 saturated heterocycles. The summed E-state index contributed by atoms with van der Waals surface area (Å²) in [7, 11) is 0. The number of piperidine rings is 1. The van der Waals surface area contributed by atoms with Crippen molar-refractivity contribution in [3.63, 3.8) is 0 Å². The average Bonchev–Trinajstić information content (AvgIpc) is 2.47. The van der Waals surface area contributed by atoms with Gasteiger partial charge in [-0.25, -0.2) is 0 Å². The third-order valence-electron chi connectivity index (χ3n) is 5.94. The van der Waals surface area contributed by atoms with Crippen LogP contribution in [0.3, 0.4) is 0 Å². The molecule has 0 aromatic rings. The van der Waals surface area contributed by atoms with Crippen molar-refractivity contribution in [2.75, 3.05) is 39.3 Å². The molecule has 1 aliphatic carbocycles. The fourth-order valence-corrected chi connectivity index (χ4v) is 4.07. The van der Waals surface area contributed by atoms with Crippen molar-refractivity contribution in [3.05, 3.63) is 0 Å². The average molecular weight is 366 g/mol. The van der Waals surface area contributed by atoms with Gasteiger partial charge in [-0.3, -0.25) is 9.69 Å². The summed E-state index contributed by atoms with van der Waals surface area (Å²) < 4.78 is 0. The lowest BCUT2D eigenvalue weighted by molar-refractivity contribution is -0.135. The van der Waals surface area contributed by atoms with Gasteiger partial charge in [-0.2, -0.15) is 0 Å². The molecule has 0 radical (unpaired) electrons. The van der Waals surface area contributed by atoms with Crippen LogP contribution < -0.4 is 5.32 Å². The van der Waals surface area contributed by atoms with Crippen LogP contribution in [0.4, 0.5) is 0 Å². The number of rotatable bonds is 4. The van der Waals surface area contributed by atoms with Gasteiger partial charge >= 0.3 is 0 Å². The molecule has 1 N–H and O–H groups in total. The predicted octanol–water partition coefficient (Wildman–Crippen LogP) is 2.55. The second-order valence-corrected chi connectivity index (χ2v) is 7.27. The van der Waals surface area contributed by atoms with E-state index in [0.29, 0.717) is 11.8 Å². The van der Waals surface area contributed by atoms with Crippen LogP contribution in [0.2, 0.25) is 0 Å². The molecular formula is C17H33Cl2N3O. The maximum atomic E-state index is 12.5. The minimum absolute atomic E-state index is 0. The van der Waals surface area contributed by atoms with E-state index >= 15 is 0 Å². The zero-order valence-electron chi connectivity index (χ0n) is 14.3. The molecule has 1 atom stereocenters. The Kier molecular flexibility index (Phi) is 9.20. The Morgan fingerprint density at radius 3 is 2.17 bits per heavy atom. The highest BCUT2D eigenvalue weighted by Crippen LogP contribution is 2.27. The number of nitrogens with one attached hydrogen (secondary N) is 1. The quantitative estimate of drug-likeness (QED) is 0.831. The second-order valence-electron chi connectivity index (χ2n) is 7.27. The van der Waals surface area contributed by atoms with E-state index in [2.05, 4.69) is 22.0 Å². The van der Waals surface area contributed by atoms with E-state index < -0.39 is 0 Å². The number of hydrogen-bond acceptors (Lipinski definition) is 3. The summed E-state index contributed by atoms with van der Waals surface area (Å²) in [5.41, 5.74) is 0. The number of halogens is 2. The molecule has 136 valence electrons. The van der Waals surface area contributed by atoms with Crippen LogP contribution in [0, 0.1) is 11.8 Å². The van der Waals surface area contributed by atoms with E-state index in [1.54, 1.807) is 0 Å². The van der Waals surface area contributed by atoms with Gasteiger partial charge in [0.2, 0.25) is 5.91 Å². The molecule has 3 fully saturated rings. The van der Waals surface area contributed by atoms with Crippen LogP contribution in [-0.4, -0.2) is 61.0 Å². The Labute approximate surface area is 153 Å². The summed E-state index contributed by atoms with van der Waals surface area (Å²) >= 11 is 0. The minimum atomic E-state index is 0. The van der Waals surface area contributed by atoms with Gasteiger partial charge in [0.25, 0.3) is 0 Å². The summed E-state index contributed by atoms with van der Waals surface area (Å²) in [5.74, 6) is 1.69. The van der Waals surface area contributed by atoms with E-state index in [1.165, 1.54) is 32.1 Å². The van der Waals surface area contributed by atoms with Gasteiger partial charge in [-0.15, -0.1) is 24.8 Å². The van der Waals surface area contributed by atoms with Crippen molar-refractivity contribution in [2.24, 2.45) is 11.8 Å². The number of amides is 1. The number of piperazine rings is 1. The molecule has 0 aromatic carbocycles. The molecule has 6 heteroatoms. The van der Waals surface area contributed by atoms with Crippen LogP contribution >= 0.6 is 24.8 Å². The monoisotopic (exact) mass is 365 g/mol. The normalized spacial score (nSPS) is 25.0. The minimum Gasteiger partial charge on any atom is -0.340 e. The van der Waals surface area contributed by atoms with Gasteiger partial charge in [-0.05, 0) is 50.6 Å². The summed E-state index contributed by atoms with van der Waals surface area (Å²) in [6, 6.07) is 0.830. The molecule has 1 saturated carbocycles. The van der Waals surface area contributed by atoms with Crippen LogP contribution in [0.5, 0.6) is 0 Å². The molecule has 1 amide bonds. The van der Waals surface area contributed by atoms with Crippen molar-refractivity contribution in [1.29, 1.82) is 0 Å². The first-order valence-electron chi connectivity index (χ1n) is 8.96. The van der Waals surface area contributed by atoms with Crippen LogP contribution in [0.15, 0.2) is 0 Å². The van der Waals surface area contributed by atoms with Gasteiger partial charge in [0.05, 0.1) is 0 Å². The first-order valence-corrected chi connectivity index (χ1v) is 8.96. The standard InChI is InChI=1S/C17H31N3O.2ClH/c1-14(15-5-7-18-8-6-15)13-17(21)20-11-9-19(10-12-20)16-3-2-4-16;;/h14-16,18H,2-13H2,1H3;2*1H. The molecule has 3 rings (SSSR count). The lowest BCUT2D eigenvalue weighted by Gasteiger charge is -2.43. The molecule has 23 heavy (non-hydrogen) atoms. The lowest BCUT2D eigenvalue weighted by atomic mass is 9.84. The fourth-order valence-electron chi connectivity index (χ4n) is 4.07. The van der Waals surface area contributed by atoms with Crippen molar-refractivity contribution in [1.82, 2.24) is 15.1 Å². The van der Waals surface area contributed by atoms with Gasteiger partial charge in [0.15, 0.2) is 0 Å². The maximum Gasteiger partial charge on any atom is 0.222 e. The Hall–Kier alpha value is -0.0300. The highest BCUT2D eigenvalue weighted by atomic mass is 35.5. The Morgan fingerprint density at radius 2 is 1.65 bits per heavy atom. The first kappa shape index (κ1) is 21.0. The molecule has 3 aliphatic rings. The second kappa shape index (κ2) is 10.1. The smallest absolute Gasteiger partial charge is 0.222 e. The summed E-state index contributed by atoms with van der Waals surface area (Å²) in [5, 5.41) is 3.41. The lowest BCUT2D eigenvalue weighted by Crippen LogP contribution is -2.53. The zero-order chi connectivity index (χ0) is 14.7. The highest BCUT2D eigenvalue weighted by molar-refractivity contribution is 5.85. The van der Waals surface area contributed by atoms with E-state index in [4.69, 9.17) is 0 Å². The van der Waals surface area contributed by atoms with Gasteiger partial charge in [0.1, 0.15) is 0 Å². The third kappa shape index (κ3) is 5.48. The Balaban J connectivity index is 0.00000132. The zero-order valence-corrected chi connectivity index (χ0v) is 16.0. The van der Waals surface area contributed by atoms with Crippen molar-refractivity contribution >= 4 is 30.7 Å². The van der Waals surface area contributed by atoms with Crippen LogP contribution in [0.1, 0.15) is 45.4 Å². The molecular weight excluding hydrogens is 333 g/mol. The van der Waals surface area contributed by atoms with Gasteiger partial charge in [-0.1, -0.05) is 13.3 Å². The molecule has 0 bridgehead atoms. The van der Waals surface area contributed by atoms with E-state index in [9.17, 15) is 4.79 Å². The van der Waals surface area contributed by atoms with Gasteiger partial charge < -0.3 is 10.2 Å². The van der Waals surface area contributed by atoms with E-state index in [-0.39, 0.29) is 24.8 Å². The molecule has 2 heterocycles. The number of carbonyl (C=O) groups is 1. The van der Waals surface area contributed by atoms with Crippen molar-refractivity contribution in [2.45, 2.75) is 51.5 Å². The first-order chi connectivity index (χ1) is 10.2. The summed E-state index contributed by atoms with van der Waals surface area (Å²) in [6.07, 6.45) is 7.39. The van der Waals surface area contributed by atoms with Crippen LogP contribution in [-0.2, 0) is 4.79 Å². The fraction of sp³-hybridized carbons (Fsp3) is 0.941. The van der Waals surface area contributed by atoms with Gasteiger partial charge in [0, 0.05) is 38.6 Å². The maximum absolute atomic E-state index is 12.5. The Bertz CT molecular complexity index is 352. The van der Waals surface area contributed by atoms with Crippen molar-refractivity contribution in [3.8, 4) is 0 Å². The SMILES string of the molecule is CC(CC(=O)N1CCN(C2CCC2)CC1)C1CCNCC1.Cl.Cl. The molecule has 0 spiro atoms. The molecule has 0 aromatic heterocycles. The highest BCUT2D eigenvalue weighted by Gasteiger charge is 2.30. The third-order valence-corrected chi connectivity index (χ3v) is 5.94. The van der Waals surface area contributed by atoms with E-state index in [0.717, 1.165) is 57.6 Å².